The third-order valence-corrected chi connectivity index (χ3v) is 6.47. The second-order valence-corrected chi connectivity index (χ2v) is 8.71. The molecular formula is C25H32N4O3. The summed E-state index contributed by atoms with van der Waals surface area (Å²) in [7, 11) is 0. The SMILES string of the molecule is Cc1noc(C)c1CN(Cc1c(C)noc1C)C(C(=O)N1CCCCC1)c1ccccc1. The lowest BCUT2D eigenvalue weighted by atomic mass is 9.99. The highest BCUT2D eigenvalue weighted by Crippen LogP contribution is 2.31. The molecule has 3 aromatic rings. The van der Waals surface area contributed by atoms with Gasteiger partial charge in [0.15, 0.2) is 0 Å². The standard InChI is InChI=1S/C25H32N4O3/c1-17-22(19(3)31-26-17)15-29(16-23-18(2)27-32-20(23)4)24(21-11-7-5-8-12-21)25(30)28-13-9-6-10-14-28/h5,7-8,11-12,24H,6,9-10,13-16H2,1-4H3. The van der Waals surface area contributed by atoms with Gasteiger partial charge >= 0.3 is 0 Å². The number of carbonyl (C=O) groups is 1. The highest BCUT2D eigenvalue weighted by atomic mass is 16.5. The normalized spacial score (nSPS) is 15.3. The van der Waals surface area contributed by atoms with Crippen molar-refractivity contribution in [3.63, 3.8) is 0 Å². The number of likely N-dealkylation sites (tertiary alicyclic amines) is 1. The molecule has 1 amide bonds. The zero-order valence-corrected chi connectivity index (χ0v) is 19.4. The van der Waals surface area contributed by atoms with Crippen LogP contribution in [-0.4, -0.2) is 39.1 Å². The number of carbonyl (C=O) groups excluding carboxylic acids is 1. The summed E-state index contributed by atoms with van der Waals surface area (Å²) < 4.78 is 10.9. The third-order valence-electron chi connectivity index (χ3n) is 6.47. The zero-order chi connectivity index (χ0) is 22.7. The van der Waals surface area contributed by atoms with Crippen LogP contribution in [-0.2, 0) is 17.9 Å². The molecule has 0 spiro atoms. The smallest absolute Gasteiger partial charge is 0.244 e. The lowest BCUT2D eigenvalue weighted by Gasteiger charge is -2.36. The van der Waals surface area contributed by atoms with Gasteiger partial charge in [0.05, 0.1) is 11.4 Å². The fourth-order valence-electron chi connectivity index (χ4n) is 4.53. The molecule has 0 radical (unpaired) electrons. The molecular weight excluding hydrogens is 404 g/mol. The molecule has 0 N–H and O–H groups in total. The molecule has 1 aliphatic rings. The van der Waals surface area contributed by atoms with Crippen LogP contribution in [0, 0.1) is 27.7 Å². The minimum absolute atomic E-state index is 0.148. The Morgan fingerprint density at radius 1 is 0.906 bits per heavy atom. The molecule has 0 bridgehead atoms. The van der Waals surface area contributed by atoms with Crippen LogP contribution in [0.3, 0.4) is 0 Å². The fourth-order valence-corrected chi connectivity index (χ4v) is 4.53. The molecule has 1 aliphatic heterocycles. The first-order valence-corrected chi connectivity index (χ1v) is 11.4. The average Bonchev–Trinajstić information content (AvgIpc) is 3.30. The molecule has 3 heterocycles. The van der Waals surface area contributed by atoms with E-state index in [0.29, 0.717) is 13.1 Å². The summed E-state index contributed by atoms with van der Waals surface area (Å²) in [5.41, 5.74) is 4.72. The van der Waals surface area contributed by atoms with E-state index in [9.17, 15) is 4.79 Å². The van der Waals surface area contributed by atoms with E-state index < -0.39 is 6.04 Å². The predicted molar refractivity (Wildman–Crippen MR) is 121 cm³/mol. The van der Waals surface area contributed by atoms with Crippen molar-refractivity contribution in [1.29, 1.82) is 0 Å². The molecule has 2 aromatic heterocycles. The molecule has 32 heavy (non-hydrogen) atoms. The number of nitrogens with zero attached hydrogens (tertiary/aromatic N) is 4. The number of rotatable bonds is 7. The molecule has 1 unspecified atom stereocenters. The van der Waals surface area contributed by atoms with E-state index >= 15 is 0 Å². The van der Waals surface area contributed by atoms with Crippen molar-refractivity contribution < 1.29 is 13.8 Å². The average molecular weight is 437 g/mol. The van der Waals surface area contributed by atoms with Crippen LogP contribution >= 0.6 is 0 Å². The number of benzene rings is 1. The molecule has 0 saturated carbocycles. The zero-order valence-electron chi connectivity index (χ0n) is 19.4. The van der Waals surface area contributed by atoms with Crippen LogP contribution < -0.4 is 0 Å². The number of hydrogen-bond acceptors (Lipinski definition) is 6. The van der Waals surface area contributed by atoms with Gasteiger partial charge in [-0.2, -0.15) is 0 Å². The van der Waals surface area contributed by atoms with Crippen molar-refractivity contribution in [1.82, 2.24) is 20.1 Å². The van der Waals surface area contributed by atoms with Gasteiger partial charge in [0.25, 0.3) is 0 Å². The molecule has 1 saturated heterocycles. The molecule has 4 rings (SSSR count). The lowest BCUT2D eigenvalue weighted by molar-refractivity contribution is -0.138. The van der Waals surface area contributed by atoms with Crippen LogP contribution in [0.1, 0.15) is 64.9 Å². The Balaban J connectivity index is 1.76. The van der Waals surface area contributed by atoms with Crippen LogP contribution in [0.5, 0.6) is 0 Å². The number of amides is 1. The van der Waals surface area contributed by atoms with E-state index in [1.54, 1.807) is 0 Å². The van der Waals surface area contributed by atoms with Gasteiger partial charge in [-0.25, -0.2) is 0 Å². The first kappa shape index (κ1) is 22.3. The van der Waals surface area contributed by atoms with E-state index in [1.165, 1.54) is 6.42 Å². The first-order valence-electron chi connectivity index (χ1n) is 11.4. The van der Waals surface area contributed by atoms with Gasteiger partial charge in [0.2, 0.25) is 5.91 Å². The van der Waals surface area contributed by atoms with E-state index in [-0.39, 0.29) is 5.91 Å². The van der Waals surface area contributed by atoms with E-state index in [4.69, 9.17) is 9.05 Å². The molecule has 0 aliphatic carbocycles. The highest BCUT2D eigenvalue weighted by Gasteiger charge is 2.34. The monoisotopic (exact) mass is 436 g/mol. The Bertz CT molecular complexity index is 963. The van der Waals surface area contributed by atoms with Gasteiger partial charge in [-0.05, 0) is 52.5 Å². The molecule has 7 nitrogen and oxygen atoms in total. The third kappa shape index (κ3) is 4.63. The van der Waals surface area contributed by atoms with Gasteiger partial charge in [-0.3, -0.25) is 9.69 Å². The van der Waals surface area contributed by atoms with Crippen molar-refractivity contribution >= 4 is 5.91 Å². The van der Waals surface area contributed by atoms with Gasteiger partial charge < -0.3 is 13.9 Å². The lowest BCUT2D eigenvalue weighted by Crippen LogP contribution is -2.44. The van der Waals surface area contributed by atoms with Crippen molar-refractivity contribution in [2.45, 2.75) is 66.1 Å². The number of hydrogen-bond donors (Lipinski definition) is 0. The van der Waals surface area contributed by atoms with Crippen LogP contribution in [0.15, 0.2) is 39.4 Å². The molecule has 1 fully saturated rings. The molecule has 7 heteroatoms. The highest BCUT2D eigenvalue weighted by molar-refractivity contribution is 5.83. The maximum absolute atomic E-state index is 13.9. The molecule has 170 valence electrons. The summed E-state index contributed by atoms with van der Waals surface area (Å²) in [4.78, 5) is 18.2. The summed E-state index contributed by atoms with van der Waals surface area (Å²) in [6.45, 7) is 10.5. The quantitative estimate of drug-likeness (QED) is 0.537. The Hall–Kier alpha value is -2.93. The van der Waals surface area contributed by atoms with Crippen LogP contribution in [0.4, 0.5) is 0 Å². The van der Waals surface area contributed by atoms with Gasteiger partial charge in [-0.1, -0.05) is 40.6 Å². The second kappa shape index (κ2) is 9.69. The largest absolute Gasteiger partial charge is 0.361 e. The minimum Gasteiger partial charge on any atom is -0.361 e. The Morgan fingerprint density at radius 3 is 1.91 bits per heavy atom. The Morgan fingerprint density at radius 2 is 1.44 bits per heavy atom. The topological polar surface area (TPSA) is 75.6 Å². The van der Waals surface area contributed by atoms with E-state index in [1.807, 2.05) is 62.9 Å². The van der Waals surface area contributed by atoms with Crippen LogP contribution in [0.25, 0.3) is 0 Å². The summed E-state index contributed by atoms with van der Waals surface area (Å²) in [6, 6.07) is 9.64. The van der Waals surface area contributed by atoms with Gasteiger partial charge in [-0.15, -0.1) is 0 Å². The Labute approximate surface area is 189 Å². The number of aromatic nitrogens is 2. The summed E-state index contributed by atoms with van der Waals surface area (Å²) in [5.74, 6) is 1.71. The van der Waals surface area contributed by atoms with Crippen LogP contribution in [0.2, 0.25) is 0 Å². The summed E-state index contributed by atoms with van der Waals surface area (Å²) >= 11 is 0. The maximum Gasteiger partial charge on any atom is 0.244 e. The predicted octanol–water partition coefficient (Wildman–Crippen LogP) is 4.65. The maximum atomic E-state index is 13.9. The Kier molecular flexibility index (Phi) is 6.74. The van der Waals surface area contributed by atoms with Crippen molar-refractivity contribution in [3.8, 4) is 0 Å². The molecule has 1 atom stereocenters. The number of aryl methyl sites for hydroxylation is 4. The summed E-state index contributed by atoms with van der Waals surface area (Å²) in [6.07, 6.45) is 3.30. The van der Waals surface area contributed by atoms with Gasteiger partial charge in [0, 0.05) is 37.3 Å². The van der Waals surface area contributed by atoms with Gasteiger partial charge in [0.1, 0.15) is 17.6 Å². The molecule has 1 aromatic carbocycles. The number of piperidine rings is 1. The fraction of sp³-hybridized carbons (Fsp3) is 0.480. The van der Waals surface area contributed by atoms with Crippen molar-refractivity contribution in [2.75, 3.05) is 13.1 Å². The van der Waals surface area contributed by atoms with E-state index in [2.05, 4.69) is 15.2 Å². The summed E-state index contributed by atoms with van der Waals surface area (Å²) in [5, 5.41) is 8.28. The minimum atomic E-state index is -0.420. The van der Waals surface area contributed by atoms with E-state index in [0.717, 1.165) is 65.5 Å². The van der Waals surface area contributed by atoms with Crippen molar-refractivity contribution in [2.24, 2.45) is 0 Å². The van der Waals surface area contributed by atoms with Crippen molar-refractivity contribution in [3.05, 3.63) is 69.9 Å². The second-order valence-electron chi connectivity index (χ2n) is 8.71. The first-order chi connectivity index (χ1) is 15.5.